The third-order valence-corrected chi connectivity index (χ3v) is 5.71. The standard InChI is InChI=1S/C17H18BrN3O2S/c1-10-8-11(6-7-13(10)18)19-15(22)9-24-17-20-14-5-3-2-4-12(14)16(23)21-17/h6-8H,2-5,9H2,1H3,(H,19,22)(H,20,21,23). The van der Waals surface area contributed by atoms with Crippen LogP contribution < -0.4 is 10.9 Å². The van der Waals surface area contributed by atoms with Gasteiger partial charge in [-0.3, -0.25) is 9.59 Å². The smallest absolute Gasteiger partial charge is 0.254 e. The number of carbonyl (C=O) groups excluding carboxylic acids is 1. The lowest BCUT2D eigenvalue weighted by molar-refractivity contribution is -0.113. The number of benzene rings is 1. The number of anilines is 1. The molecule has 1 heterocycles. The Morgan fingerprint density at radius 1 is 1.38 bits per heavy atom. The van der Waals surface area contributed by atoms with E-state index in [2.05, 4.69) is 31.2 Å². The Morgan fingerprint density at radius 2 is 2.17 bits per heavy atom. The Labute approximate surface area is 152 Å². The normalized spacial score (nSPS) is 13.4. The predicted octanol–water partition coefficient (Wildman–Crippen LogP) is 3.45. The largest absolute Gasteiger partial charge is 0.325 e. The molecule has 0 radical (unpaired) electrons. The number of halogens is 1. The number of fused-ring (bicyclic) bond motifs is 1. The Bertz CT molecular complexity index is 835. The van der Waals surface area contributed by atoms with Crippen molar-refractivity contribution in [2.24, 2.45) is 0 Å². The van der Waals surface area contributed by atoms with Gasteiger partial charge in [-0.1, -0.05) is 27.7 Å². The molecule has 3 rings (SSSR count). The average Bonchev–Trinajstić information content (AvgIpc) is 2.56. The molecule has 1 aliphatic rings. The first-order chi connectivity index (χ1) is 11.5. The second kappa shape index (κ2) is 7.53. The molecule has 0 saturated heterocycles. The summed E-state index contributed by atoms with van der Waals surface area (Å²) in [4.78, 5) is 31.4. The first-order valence-electron chi connectivity index (χ1n) is 7.84. The third kappa shape index (κ3) is 4.08. The first-order valence-corrected chi connectivity index (χ1v) is 9.61. The van der Waals surface area contributed by atoms with Crippen LogP contribution in [-0.4, -0.2) is 21.6 Å². The highest BCUT2D eigenvalue weighted by molar-refractivity contribution is 9.10. The molecule has 0 unspecified atom stereocenters. The number of carbonyl (C=O) groups is 1. The predicted molar refractivity (Wildman–Crippen MR) is 99.7 cm³/mol. The summed E-state index contributed by atoms with van der Waals surface area (Å²) in [5.41, 5.74) is 3.44. The van der Waals surface area contributed by atoms with Crippen LogP contribution in [0.4, 0.5) is 5.69 Å². The van der Waals surface area contributed by atoms with Gasteiger partial charge in [0.05, 0.1) is 11.4 Å². The minimum absolute atomic E-state index is 0.0638. The number of amides is 1. The summed E-state index contributed by atoms with van der Waals surface area (Å²) in [5, 5.41) is 3.37. The highest BCUT2D eigenvalue weighted by atomic mass is 79.9. The Morgan fingerprint density at radius 3 is 2.96 bits per heavy atom. The fourth-order valence-corrected chi connectivity index (χ4v) is 3.63. The molecule has 5 nitrogen and oxygen atoms in total. The Kier molecular flexibility index (Phi) is 5.40. The van der Waals surface area contributed by atoms with E-state index < -0.39 is 0 Å². The number of aromatic amines is 1. The molecule has 0 atom stereocenters. The molecule has 0 saturated carbocycles. The summed E-state index contributed by atoms with van der Waals surface area (Å²) in [7, 11) is 0. The third-order valence-electron chi connectivity index (χ3n) is 3.95. The zero-order valence-electron chi connectivity index (χ0n) is 13.3. The van der Waals surface area contributed by atoms with Crippen molar-refractivity contribution >= 4 is 39.3 Å². The molecule has 1 amide bonds. The molecule has 0 fully saturated rings. The van der Waals surface area contributed by atoms with Crippen LogP contribution in [0, 0.1) is 6.92 Å². The number of nitrogens with zero attached hydrogens (tertiary/aromatic N) is 1. The molecular formula is C17H18BrN3O2S. The molecule has 1 aromatic heterocycles. The maximum absolute atomic E-state index is 12.1. The summed E-state index contributed by atoms with van der Waals surface area (Å²) >= 11 is 4.69. The maximum atomic E-state index is 12.1. The van der Waals surface area contributed by atoms with Gasteiger partial charge in [0.15, 0.2) is 5.16 Å². The Hall–Kier alpha value is -1.60. The second-order valence-corrected chi connectivity index (χ2v) is 7.62. The quantitative estimate of drug-likeness (QED) is 0.600. The van der Waals surface area contributed by atoms with Crippen molar-refractivity contribution in [2.75, 3.05) is 11.1 Å². The molecular weight excluding hydrogens is 390 g/mol. The van der Waals surface area contributed by atoms with Gasteiger partial charge in [-0.2, -0.15) is 0 Å². The van der Waals surface area contributed by atoms with Crippen molar-refractivity contribution in [1.29, 1.82) is 0 Å². The van der Waals surface area contributed by atoms with Crippen LogP contribution >= 0.6 is 27.7 Å². The highest BCUT2D eigenvalue weighted by Crippen LogP contribution is 2.21. The number of nitrogens with one attached hydrogen (secondary N) is 2. The number of H-pyrrole nitrogens is 1. The highest BCUT2D eigenvalue weighted by Gasteiger charge is 2.16. The molecule has 1 aliphatic carbocycles. The number of hydrogen-bond acceptors (Lipinski definition) is 4. The number of aromatic nitrogens is 2. The van der Waals surface area contributed by atoms with Gasteiger partial charge in [0, 0.05) is 15.7 Å². The van der Waals surface area contributed by atoms with Crippen LogP contribution in [0.2, 0.25) is 0 Å². The van der Waals surface area contributed by atoms with Gasteiger partial charge in [-0.15, -0.1) is 0 Å². The SMILES string of the molecule is Cc1cc(NC(=O)CSc2nc3c(c(=O)[nH]2)CCCC3)ccc1Br. The molecule has 24 heavy (non-hydrogen) atoms. The van der Waals surface area contributed by atoms with E-state index in [1.54, 1.807) is 0 Å². The van der Waals surface area contributed by atoms with Crippen LogP contribution in [0.15, 0.2) is 32.6 Å². The van der Waals surface area contributed by atoms with Crippen LogP contribution in [0.25, 0.3) is 0 Å². The van der Waals surface area contributed by atoms with E-state index in [4.69, 9.17) is 0 Å². The average molecular weight is 408 g/mol. The van der Waals surface area contributed by atoms with Crippen LogP contribution in [0.1, 0.15) is 29.7 Å². The molecule has 126 valence electrons. The topological polar surface area (TPSA) is 74.8 Å². The van der Waals surface area contributed by atoms with E-state index in [0.29, 0.717) is 5.16 Å². The van der Waals surface area contributed by atoms with E-state index in [9.17, 15) is 9.59 Å². The zero-order valence-corrected chi connectivity index (χ0v) is 15.7. The summed E-state index contributed by atoms with van der Waals surface area (Å²) < 4.78 is 1.01. The van der Waals surface area contributed by atoms with E-state index in [1.807, 2.05) is 25.1 Å². The summed E-state index contributed by atoms with van der Waals surface area (Å²) in [5.74, 6) is 0.0821. The second-order valence-electron chi connectivity index (χ2n) is 5.80. The van der Waals surface area contributed by atoms with E-state index in [1.165, 1.54) is 11.8 Å². The molecule has 2 N–H and O–H groups in total. The molecule has 0 spiro atoms. The molecule has 1 aromatic carbocycles. The molecule has 0 aliphatic heterocycles. The van der Waals surface area contributed by atoms with Gasteiger partial charge in [-0.25, -0.2) is 4.98 Å². The fourth-order valence-electron chi connectivity index (χ4n) is 2.70. The van der Waals surface area contributed by atoms with Crippen molar-refractivity contribution in [3.8, 4) is 0 Å². The van der Waals surface area contributed by atoms with Gasteiger partial charge in [0.2, 0.25) is 5.91 Å². The minimum atomic E-state index is -0.123. The number of thioether (sulfide) groups is 1. The van der Waals surface area contributed by atoms with Crippen LogP contribution in [-0.2, 0) is 17.6 Å². The lowest BCUT2D eigenvalue weighted by atomic mass is 9.97. The van der Waals surface area contributed by atoms with Gasteiger partial charge in [0.25, 0.3) is 5.56 Å². The van der Waals surface area contributed by atoms with Gasteiger partial charge in [0.1, 0.15) is 0 Å². The summed E-state index contributed by atoms with van der Waals surface area (Å²) in [6.07, 6.45) is 3.75. The first kappa shape index (κ1) is 17.2. The number of hydrogen-bond donors (Lipinski definition) is 2. The van der Waals surface area contributed by atoms with Crippen molar-refractivity contribution in [3.63, 3.8) is 0 Å². The summed E-state index contributed by atoms with van der Waals surface area (Å²) in [6.45, 7) is 1.97. The van der Waals surface area contributed by atoms with Gasteiger partial charge < -0.3 is 10.3 Å². The lowest BCUT2D eigenvalue weighted by Gasteiger charge is -2.14. The molecule has 2 aromatic rings. The van der Waals surface area contributed by atoms with Gasteiger partial charge in [-0.05, 0) is 56.4 Å². The monoisotopic (exact) mass is 407 g/mol. The molecule has 0 bridgehead atoms. The fraction of sp³-hybridized carbons (Fsp3) is 0.353. The summed E-state index contributed by atoms with van der Waals surface area (Å²) in [6, 6.07) is 5.66. The Balaban J connectivity index is 1.63. The van der Waals surface area contributed by atoms with E-state index in [0.717, 1.165) is 52.7 Å². The van der Waals surface area contributed by atoms with E-state index >= 15 is 0 Å². The number of rotatable bonds is 4. The zero-order chi connectivity index (χ0) is 17.1. The maximum Gasteiger partial charge on any atom is 0.254 e. The van der Waals surface area contributed by atoms with Crippen molar-refractivity contribution in [1.82, 2.24) is 9.97 Å². The minimum Gasteiger partial charge on any atom is -0.325 e. The van der Waals surface area contributed by atoms with Crippen LogP contribution in [0.5, 0.6) is 0 Å². The van der Waals surface area contributed by atoms with Crippen molar-refractivity contribution < 1.29 is 4.79 Å². The van der Waals surface area contributed by atoms with E-state index in [-0.39, 0.29) is 17.2 Å². The van der Waals surface area contributed by atoms with Crippen molar-refractivity contribution in [3.05, 3.63) is 49.8 Å². The lowest BCUT2D eigenvalue weighted by Crippen LogP contribution is -2.22. The molecule has 7 heteroatoms. The van der Waals surface area contributed by atoms with Crippen molar-refractivity contribution in [2.45, 2.75) is 37.8 Å². The van der Waals surface area contributed by atoms with Crippen LogP contribution in [0.3, 0.4) is 0 Å². The van der Waals surface area contributed by atoms with Gasteiger partial charge >= 0.3 is 0 Å². The number of aryl methyl sites for hydroxylation is 2.